The molecule has 0 radical (unpaired) electrons. The summed E-state index contributed by atoms with van der Waals surface area (Å²) in [6, 6.07) is 7.72. The highest BCUT2D eigenvalue weighted by atomic mass is 35.5. The highest BCUT2D eigenvalue weighted by Crippen LogP contribution is 2.35. The van der Waals surface area contributed by atoms with E-state index in [0.717, 1.165) is 16.1 Å². The van der Waals surface area contributed by atoms with E-state index in [2.05, 4.69) is 6.92 Å². The van der Waals surface area contributed by atoms with Crippen molar-refractivity contribution in [2.45, 2.75) is 6.92 Å². The van der Waals surface area contributed by atoms with Crippen molar-refractivity contribution >= 4 is 27.9 Å². The van der Waals surface area contributed by atoms with Gasteiger partial charge in [-0.2, -0.15) is 0 Å². The molecular weight excluding hydrogens is 242 g/mol. The van der Waals surface area contributed by atoms with Crippen LogP contribution in [0.15, 0.2) is 24.3 Å². The van der Waals surface area contributed by atoms with Gasteiger partial charge in [0.05, 0.1) is 17.1 Å². The van der Waals surface area contributed by atoms with Crippen LogP contribution in [0, 0.1) is 6.92 Å². The molecule has 0 bridgehead atoms. The highest BCUT2D eigenvalue weighted by Gasteiger charge is 2.08. The van der Waals surface area contributed by atoms with E-state index >= 15 is 0 Å². The van der Waals surface area contributed by atoms with Gasteiger partial charge in [0.15, 0.2) is 0 Å². The van der Waals surface area contributed by atoms with Crippen molar-refractivity contribution in [3.05, 3.63) is 34.2 Å². The summed E-state index contributed by atoms with van der Waals surface area (Å²) < 4.78 is 5.12. The van der Waals surface area contributed by atoms with Crippen molar-refractivity contribution in [1.29, 1.82) is 0 Å². The number of aryl methyl sites for hydroxylation is 1. The molecule has 2 rings (SSSR count). The van der Waals surface area contributed by atoms with Gasteiger partial charge in [-0.25, -0.2) is 0 Å². The van der Waals surface area contributed by atoms with E-state index in [9.17, 15) is 0 Å². The van der Waals surface area contributed by atoms with Crippen LogP contribution in [-0.2, 0) is 0 Å². The van der Waals surface area contributed by atoms with Crippen LogP contribution in [0.1, 0.15) is 4.88 Å². The van der Waals surface area contributed by atoms with Gasteiger partial charge >= 0.3 is 0 Å². The summed E-state index contributed by atoms with van der Waals surface area (Å²) in [5, 5.41) is 1.43. The molecular formula is C12H12ClNOS. The van der Waals surface area contributed by atoms with Gasteiger partial charge in [-0.3, -0.25) is 0 Å². The van der Waals surface area contributed by atoms with E-state index in [1.54, 1.807) is 18.4 Å². The van der Waals surface area contributed by atoms with E-state index in [1.165, 1.54) is 4.88 Å². The number of rotatable bonds is 2. The van der Waals surface area contributed by atoms with Crippen LogP contribution in [0.3, 0.4) is 0 Å². The third kappa shape index (κ3) is 2.01. The van der Waals surface area contributed by atoms with Gasteiger partial charge in [0, 0.05) is 4.88 Å². The molecule has 2 aromatic rings. The molecule has 0 aliphatic carbocycles. The van der Waals surface area contributed by atoms with E-state index in [4.69, 9.17) is 22.1 Å². The van der Waals surface area contributed by atoms with Crippen molar-refractivity contribution in [1.82, 2.24) is 0 Å². The monoisotopic (exact) mass is 253 g/mol. The zero-order valence-electron chi connectivity index (χ0n) is 9.08. The molecule has 0 saturated heterocycles. The molecule has 1 aromatic heterocycles. The third-order valence-corrected chi connectivity index (χ3v) is 3.57. The van der Waals surface area contributed by atoms with Gasteiger partial charge in [-0.1, -0.05) is 17.7 Å². The summed E-state index contributed by atoms with van der Waals surface area (Å²) in [6.45, 7) is 2.05. The summed E-state index contributed by atoms with van der Waals surface area (Å²) in [7, 11) is 1.61. The molecule has 1 aromatic carbocycles. The Hall–Kier alpha value is -1.19. The topological polar surface area (TPSA) is 35.2 Å². The lowest BCUT2D eigenvalue weighted by Crippen LogP contribution is -1.85. The fraction of sp³-hybridized carbons (Fsp3) is 0.167. The number of benzene rings is 1. The fourth-order valence-corrected chi connectivity index (χ4v) is 2.70. The first-order valence-corrected chi connectivity index (χ1v) is 6.01. The molecule has 0 fully saturated rings. The Morgan fingerprint density at radius 1 is 1.31 bits per heavy atom. The fourth-order valence-electron chi connectivity index (χ4n) is 1.63. The first kappa shape index (κ1) is 11.3. The first-order valence-electron chi connectivity index (χ1n) is 4.81. The van der Waals surface area contributed by atoms with Crippen LogP contribution >= 0.6 is 22.9 Å². The van der Waals surface area contributed by atoms with Gasteiger partial charge in [-0.15, -0.1) is 11.3 Å². The maximum absolute atomic E-state index is 6.09. The molecule has 0 unspecified atom stereocenters. The summed E-state index contributed by atoms with van der Waals surface area (Å²) >= 11 is 7.67. The van der Waals surface area contributed by atoms with Crippen LogP contribution in [0.2, 0.25) is 5.02 Å². The minimum atomic E-state index is 0.615. The number of methoxy groups -OCH3 is 1. The van der Waals surface area contributed by atoms with Gasteiger partial charge in [-0.05, 0) is 36.2 Å². The third-order valence-electron chi connectivity index (χ3n) is 2.40. The molecule has 0 saturated carbocycles. The summed E-state index contributed by atoms with van der Waals surface area (Å²) in [4.78, 5) is 1.19. The number of halogens is 1. The zero-order chi connectivity index (χ0) is 11.7. The standard InChI is InChI=1S/C12H12ClNOS/c1-7-9(6-12(14)16-7)8-3-4-11(15-2)10(13)5-8/h3-6H,14H2,1-2H3. The van der Waals surface area contributed by atoms with E-state index in [-0.39, 0.29) is 0 Å². The van der Waals surface area contributed by atoms with Crippen LogP contribution in [0.4, 0.5) is 5.00 Å². The number of ether oxygens (including phenoxy) is 1. The first-order chi connectivity index (χ1) is 7.61. The quantitative estimate of drug-likeness (QED) is 0.879. The summed E-state index contributed by atoms with van der Waals surface area (Å²) in [5.41, 5.74) is 7.97. The molecule has 1 heterocycles. The number of thiophene rings is 1. The number of anilines is 1. The predicted molar refractivity (Wildman–Crippen MR) is 70.5 cm³/mol. The van der Waals surface area contributed by atoms with Crippen LogP contribution in [-0.4, -0.2) is 7.11 Å². The van der Waals surface area contributed by atoms with Gasteiger partial charge < -0.3 is 10.5 Å². The van der Waals surface area contributed by atoms with Crippen molar-refractivity contribution in [3.8, 4) is 16.9 Å². The summed E-state index contributed by atoms with van der Waals surface area (Å²) in [6.07, 6.45) is 0. The van der Waals surface area contributed by atoms with Gasteiger partial charge in [0.1, 0.15) is 5.75 Å². The maximum Gasteiger partial charge on any atom is 0.137 e. The second-order valence-electron chi connectivity index (χ2n) is 3.47. The number of hydrogen-bond acceptors (Lipinski definition) is 3. The molecule has 0 amide bonds. The second kappa shape index (κ2) is 4.36. The van der Waals surface area contributed by atoms with Crippen molar-refractivity contribution in [2.75, 3.05) is 12.8 Å². The number of hydrogen-bond donors (Lipinski definition) is 1. The Morgan fingerprint density at radius 3 is 2.56 bits per heavy atom. The van der Waals surface area contributed by atoms with Gasteiger partial charge in [0.2, 0.25) is 0 Å². The van der Waals surface area contributed by atoms with E-state index < -0.39 is 0 Å². The number of nitrogen functional groups attached to an aromatic ring is 1. The Bertz CT molecular complexity index is 522. The zero-order valence-corrected chi connectivity index (χ0v) is 10.7. The lowest BCUT2D eigenvalue weighted by Gasteiger charge is -2.05. The Morgan fingerprint density at radius 2 is 2.06 bits per heavy atom. The van der Waals surface area contributed by atoms with Gasteiger partial charge in [0.25, 0.3) is 0 Å². The molecule has 0 aliphatic rings. The van der Waals surface area contributed by atoms with E-state index in [0.29, 0.717) is 10.8 Å². The van der Waals surface area contributed by atoms with Crippen LogP contribution in [0.25, 0.3) is 11.1 Å². The number of nitrogens with two attached hydrogens (primary N) is 1. The molecule has 2 N–H and O–H groups in total. The molecule has 2 nitrogen and oxygen atoms in total. The van der Waals surface area contributed by atoms with Crippen molar-refractivity contribution < 1.29 is 4.74 Å². The Kier molecular flexibility index (Phi) is 3.08. The molecule has 84 valence electrons. The molecule has 0 spiro atoms. The predicted octanol–water partition coefficient (Wildman–Crippen LogP) is 3.97. The van der Waals surface area contributed by atoms with Crippen molar-refractivity contribution in [3.63, 3.8) is 0 Å². The Labute approximate surface area is 104 Å². The molecule has 16 heavy (non-hydrogen) atoms. The second-order valence-corrected chi connectivity index (χ2v) is 5.16. The Balaban J connectivity index is 2.49. The lowest BCUT2D eigenvalue weighted by molar-refractivity contribution is 0.415. The normalized spacial score (nSPS) is 10.4. The minimum absolute atomic E-state index is 0.615. The molecule has 4 heteroatoms. The van der Waals surface area contributed by atoms with Crippen molar-refractivity contribution in [2.24, 2.45) is 0 Å². The smallest absolute Gasteiger partial charge is 0.137 e. The molecule has 0 aliphatic heterocycles. The molecule has 0 atom stereocenters. The minimum Gasteiger partial charge on any atom is -0.495 e. The average Bonchev–Trinajstić information content (AvgIpc) is 2.58. The average molecular weight is 254 g/mol. The van der Waals surface area contributed by atoms with Crippen LogP contribution < -0.4 is 10.5 Å². The highest BCUT2D eigenvalue weighted by molar-refractivity contribution is 7.16. The SMILES string of the molecule is COc1ccc(-c2cc(N)sc2C)cc1Cl. The largest absolute Gasteiger partial charge is 0.495 e. The van der Waals surface area contributed by atoms with Crippen LogP contribution in [0.5, 0.6) is 5.75 Å². The maximum atomic E-state index is 6.09. The lowest BCUT2D eigenvalue weighted by atomic mass is 10.1. The van der Waals surface area contributed by atoms with E-state index in [1.807, 2.05) is 24.3 Å². The summed E-state index contributed by atoms with van der Waals surface area (Å²) in [5.74, 6) is 0.686.